The largest absolute Gasteiger partial charge is 0.354 e. The normalized spacial score (nSPS) is 10.4. The molecular weight excluding hydrogens is 341 g/mol. The molecule has 0 atom stereocenters. The first-order chi connectivity index (χ1) is 12.0. The zero-order chi connectivity index (χ0) is 17.8. The van der Waals surface area contributed by atoms with Gasteiger partial charge in [0.05, 0.1) is 17.4 Å². The summed E-state index contributed by atoms with van der Waals surface area (Å²) in [6, 6.07) is 14.8. The third kappa shape index (κ3) is 4.14. The molecule has 0 fully saturated rings. The first-order valence-corrected chi connectivity index (χ1v) is 7.96. The highest BCUT2D eigenvalue weighted by Gasteiger charge is 2.11. The van der Waals surface area contributed by atoms with Crippen molar-refractivity contribution in [3.63, 3.8) is 0 Å². The van der Waals surface area contributed by atoms with Crippen LogP contribution < -0.4 is 10.6 Å². The number of amides is 1. The average Bonchev–Trinajstić information content (AvgIpc) is 2.60. The van der Waals surface area contributed by atoms with Crippen molar-refractivity contribution in [2.45, 2.75) is 6.92 Å². The summed E-state index contributed by atoms with van der Waals surface area (Å²) in [6.45, 7) is 1.97. The summed E-state index contributed by atoms with van der Waals surface area (Å²) in [5.41, 5.74) is 2.63. The third-order valence-corrected chi connectivity index (χ3v) is 3.84. The van der Waals surface area contributed by atoms with E-state index in [1.807, 2.05) is 25.1 Å². The Labute approximate surface area is 149 Å². The van der Waals surface area contributed by atoms with E-state index in [0.717, 1.165) is 16.9 Å². The molecule has 4 nitrogen and oxygen atoms in total. The van der Waals surface area contributed by atoms with Crippen molar-refractivity contribution >= 4 is 34.7 Å². The molecular formula is C19H15ClFN3O. The number of carbonyl (C=O) groups excluding carboxylic acids is 1. The molecule has 0 unspecified atom stereocenters. The number of rotatable bonds is 4. The highest BCUT2D eigenvalue weighted by Crippen LogP contribution is 2.24. The van der Waals surface area contributed by atoms with Crippen molar-refractivity contribution in [2.75, 3.05) is 10.6 Å². The summed E-state index contributed by atoms with van der Waals surface area (Å²) in [7, 11) is 0. The molecule has 2 aromatic carbocycles. The standard InChI is InChI=1S/C19H15ClFN3O/c1-12-6-7-13(20)10-17(12)23-14-8-9-18(22-11-14)24-19(25)15-4-2-3-5-16(15)21/h2-11,23H,1H3,(H,22,24,25). The van der Waals surface area contributed by atoms with E-state index < -0.39 is 11.7 Å². The number of nitrogens with one attached hydrogen (secondary N) is 2. The number of halogens is 2. The maximum atomic E-state index is 13.6. The predicted molar refractivity (Wildman–Crippen MR) is 98.1 cm³/mol. The lowest BCUT2D eigenvalue weighted by atomic mass is 10.2. The molecule has 0 aliphatic heterocycles. The molecule has 2 N–H and O–H groups in total. The van der Waals surface area contributed by atoms with Crippen LogP contribution in [0, 0.1) is 12.7 Å². The van der Waals surface area contributed by atoms with Crippen LogP contribution in [0.15, 0.2) is 60.8 Å². The molecule has 0 saturated heterocycles. The van der Waals surface area contributed by atoms with Crippen LogP contribution in [0.4, 0.5) is 21.6 Å². The second-order valence-corrected chi connectivity index (χ2v) is 5.89. The number of benzene rings is 2. The monoisotopic (exact) mass is 355 g/mol. The molecule has 0 spiro atoms. The van der Waals surface area contributed by atoms with Gasteiger partial charge in [-0.05, 0) is 48.9 Å². The van der Waals surface area contributed by atoms with Crippen LogP contribution in [0.3, 0.4) is 0 Å². The van der Waals surface area contributed by atoms with Gasteiger partial charge in [0.25, 0.3) is 5.91 Å². The van der Waals surface area contributed by atoms with Gasteiger partial charge in [0.15, 0.2) is 0 Å². The number of carbonyl (C=O) groups is 1. The van der Waals surface area contributed by atoms with Gasteiger partial charge in [-0.3, -0.25) is 4.79 Å². The van der Waals surface area contributed by atoms with Crippen LogP contribution >= 0.6 is 11.6 Å². The van der Waals surface area contributed by atoms with Gasteiger partial charge < -0.3 is 10.6 Å². The SMILES string of the molecule is Cc1ccc(Cl)cc1Nc1ccc(NC(=O)c2ccccc2F)nc1. The fourth-order valence-electron chi connectivity index (χ4n) is 2.26. The Hall–Kier alpha value is -2.92. The lowest BCUT2D eigenvalue weighted by molar-refractivity contribution is 0.102. The number of aryl methyl sites for hydroxylation is 1. The van der Waals surface area contributed by atoms with Gasteiger partial charge >= 0.3 is 0 Å². The van der Waals surface area contributed by atoms with Gasteiger partial charge in [-0.2, -0.15) is 0 Å². The highest BCUT2D eigenvalue weighted by molar-refractivity contribution is 6.30. The summed E-state index contributed by atoms with van der Waals surface area (Å²) < 4.78 is 13.6. The Morgan fingerprint density at radius 3 is 2.64 bits per heavy atom. The first-order valence-electron chi connectivity index (χ1n) is 7.58. The smallest absolute Gasteiger partial charge is 0.259 e. The molecule has 1 heterocycles. The maximum Gasteiger partial charge on any atom is 0.259 e. The van der Waals surface area contributed by atoms with E-state index in [1.165, 1.54) is 18.2 Å². The van der Waals surface area contributed by atoms with Crippen LogP contribution in [-0.4, -0.2) is 10.9 Å². The van der Waals surface area contributed by atoms with Crippen LogP contribution in [0.5, 0.6) is 0 Å². The van der Waals surface area contributed by atoms with Crippen molar-refractivity contribution in [1.29, 1.82) is 0 Å². The summed E-state index contributed by atoms with van der Waals surface area (Å²) in [5.74, 6) is -0.784. The van der Waals surface area contributed by atoms with E-state index in [1.54, 1.807) is 24.4 Å². The van der Waals surface area contributed by atoms with Crippen LogP contribution in [-0.2, 0) is 0 Å². The lowest BCUT2D eigenvalue weighted by Crippen LogP contribution is -2.14. The number of aromatic nitrogens is 1. The van der Waals surface area contributed by atoms with Gasteiger partial charge in [-0.1, -0.05) is 29.8 Å². The average molecular weight is 356 g/mol. The molecule has 25 heavy (non-hydrogen) atoms. The molecule has 3 rings (SSSR count). The molecule has 0 bridgehead atoms. The molecule has 6 heteroatoms. The van der Waals surface area contributed by atoms with Gasteiger partial charge in [-0.25, -0.2) is 9.37 Å². The number of pyridine rings is 1. The minimum absolute atomic E-state index is 0.0268. The second kappa shape index (κ2) is 7.32. The highest BCUT2D eigenvalue weighted by atomic mass is 35.5. The topological polar surface area (TPSA) is 54.0 Å². The van der Waals surface area contributed by atoms with Gasteiger partial charge in [-0.15, -0.1) is 0 Å². The molecule has 0 aliphatic rings. The summed E-state index contributed by atoms with van der Waals surface area (Å²) in [4.78, 5) is 16.2. The molecule has 3 aromatic rings. The number of anilines is 3. The number of hydrogen-bond acceptors (Lipinski definition) is 3. The van der Waals surface area contributed by atoms with Gasteiger partial charge in [0.2, 0.25) is 0 Å². The molecule has 0 saturated carbocycles. The fraction of sp³-hybridized carbons (Fsp3) is 0.0526. The Bertz CT molecular complexity index is 913. The maximum absolute atomic E-state index is 13.6. The van der Waals surface area contributed by atoms with E-state index in [0.29, 0.717) is 10.8 Å². The summed E-state index contributed by atoms with van der Waals surface area (Å²) in [6.07, 6.45) is 1.58. The van der Waals surface area contributed by atoms with Crippen molar-refractivity contribution in [3.05, 3.63) is 82.8 Å². The summed E-state index contributed by atoms with van der Waals surface area (Å²) in [5, 5.41) is 6.42. The zero-order valence-corrected chi connectivity index (χ0v) is 14.1. The van der Waals surface area contributed by atoms with E-state index in [-0.39, 0.29) is 5.56 Å². The molecule has 1 amide bonds. The molecule has 0 radical (unpaired) electrons. The first kappa shape index (κ1) is 16.9. The van der Waals surface area contributed by atoms with E-state index in [4.69, 9.17) is 11.6 Å². The molecule has 126 valence electrons. The zero-order valence-electron chi connectivity index (χ0n) is 13.4. The Kier molecular flexibility index (Phi) is 4.95. The molecule has 0 aliphatic carbocycles. The second-order valence-electron chi connectivity index (χ2n) is 5.45. The van der Waals surface area contributed by atoms with E-state index in [9.17, 15) is 9.18 Å². The van der Waals surface area contributed by atoms with Crippen LogP contribution in [0.2, 0.25) is 5.02 Å². The van der Waals surface area contributed by atoms with Crippen molar-refractivity contribution in [2.24, 2.45) is 0 Å². The van der Waals surface area contributed by atoms with Crippen LogP contribution in [0.25, 0.3) is 0 Å². The van der Waals surface area contributed by atoms with E-state index in [2.05, 4.69) is 15.6 Å². The quantitative estimate of drug-likeness (QED) is 0.678. The number of hydrogen-bond donors (Lipinski definition) is 2. The number of nitrogens with zero attached hydrogens (tertiary/aromatic N) is 1. The Morgan fingerprint density at radius 1 is 1.12 bits per heavy atom. The van der Waals surface area contributed by atoms with Crippen molar-refractivity contribution in [1.82, 2.24) is 4.98 Å². The minimum atomic E-state index is -0.574. The third-order valence-electron chi connectivity index (χ3n) is 3.60. The molecule has 1 aromatic heterocycles. The van der Waals surface area contributed by atoms with Gasteiger partial charge in [0.1, 0.15) is 11.6 Å². The Balaban J connectivity index is 1.71. The van der Waals surface area contributed by atoms with E-state index >= 15 is 0 Å². The van der Waals surface area contributed by atoms with Crippen molar-refractivity contribution in [3.8, 4) is 0 Å². The lowest BCUT2D eigenvalue weighted by Gasteiger charge is -2.11. The fourth-order valence-corrected chi connectivity index (χ4v) is 2.43. The van der Waals surface area contributed by atoms with Crippen molar-refractivity contribution < 1.29 is 9.18 Å². The predicted octanol–water partition coefficient (Wildman–Crippen LogP) is 5.18. The summed E-state index contributed by atoms with van der Waals surface area (Å²) >= 11 is 6.00. The van der Waals surface area contributed by atoms with Gasteiger partial charge in [0, 0.05) is 10.7 Å². The van der Waals surface area contributed by atoms with Crippen LogP contribution in [0.1, 0.15) is 15.9 Å². The Morgan fingerprint density at radius 2 is 1.92 bits per heavy atom. The minimum Gasteiger partial charge on any atom is -0.354 e.